The summed E-state index contributed by atoms with van der Waals surface area (Å²) < 4.78 is 6.33. The van der Waals surface area contributed by atoms with Gasteiger partial charge in [0.2, 0.25) is 0 Å². The Balaban J connectivity index is 1.50. The Labute approximate surface area is 184 Å². The van der Waals surface area contributed by atoms with E-state index in [9.17, 15) is 4.79 Å². The SMILES string of the molecule is C=C(/C=C\c1cc(-c2n[nH]c3c2CCC(C)(C)C3)[nH]c1I)C(=O)N1CCOCC1. The van der Waals surface area contributed by atoms with Crippen molar-refractivity contribution < 1.29 is 9.53 Å². The average Bonchev–Trinajstić information content (AvgIpc) is 3.27. The van der Waals surface area contributed by atoms with Gasteiger partial charge in [-0.25, -0.2) is 0 Å². The zero-order valence-electron chi connectivity index (χ0n) is 17.0. The van der Waals surface area contributed by atoms with E-state index in [-0.39, 0.29) is 5.91 Å². The Morgan fingerprint density at radius 2 is 2.14 bits per heavy atom. The maximum absolute atomic E-state index is 12.5. The van der Waals surface area contributed by atoms with Gasteiger partial charge in [-0.1, -0.05) is 26.5 Å². The first-order valence-corrected chi connectivity index (χ1v) is 11.1. The second-order valence-electron chi connectivity index (χ2n) is 8.59. The van der Waals surface area contributed by atoms with Gasteiger partial charge in [-0.15, -0.1) is 0 Å². The smallest absolute Gasteiger partial charge is 0.253 e. The lowest BCUT2D eigenvalue weighted by atomic mass is 9.76. The summed E-state index contributed by atoms with van der Waals surface area (Å²) in [6, 6.07) is 2.10. The summed E-state index contributed by atoms with van der Waals surface area (Å²) in [6.45, 7) is 11.0. The number of hydrogen-bond acceptors (Lipinski definition) is 3. The molecular formula is C22H27IN4O2. The number of aromatic amines is 2. The monoisotopic (exact) mass is 506 g/mol. The highest BCUT2D eigenvalue weighted by Gasteiger charge is 2.29. The molecule has 2 aliphatic rings. The van der Waals surface area contributed by atoms with Crippen LogP contribution in [0, 0.1) is 9.12 Å². The van der Waals surface area contributed by atoms with E-state index < -0.39 is 0 Å². The van der Waals surface area contributed by atoms with E-state index in [4.69, 9.17) is 4.74 Å². The molecular weight excluding hydrogens is 479 g/mol. The fourth-order valence-corrected chi connectivity index (χ4v) is 4.62. The number of amides is 1. The lowest BCUT2D eigenvalue weighted by molar-refractivity contribution is -0.130. The first-order valence-electron chi connectivity index (χ1n) is 10.0. The summed E-state index contributed by atoms with van der Waals surface area (Å²) in [5.74, 6) is -0.0284. The molecule has 29 heavy (non-hydrogen) atoms. The molecule has 2 N–H and O–H groups in total. The van der Waals surface area contributed by atoms with E-state index in [0.717, 1.165) is 33.5 Å². The van der Waals surface area contributed by atoms with Crippen LogP contribution in [0.5, 0.6) is 0 Å². The normalized spacial score (nSPS) is 18.8. The summed E-state index contributed by atoms with van der Waals surface area (Å²) in [5, 5.41) is 7.84. The van der Waals surface area contributed by atoms with Crippen LogP contribution in [-0.4, -0.2) is 52.3 Å². The van der Waals surface area contributed by atoms with Crippen LogP contribution in [0.15, 0.2) is 24.3 Å². The van der Waals surface area contributed by atoms with E-state index >= 15 is 0 Å². The number of carbonyl (C=O) groups is 1. The maximum atomic E-state index is 12.5. The Kier molecular flexibility index (Phi) is 5.70. The number of hydrogen-bond donors (Lipinski definition) is 2. The molecule has 1 amide bonds. The molecule has 0 atom stereocenters. The van der Waals surface area contributed by atoms with Crippen molar-refractivity contribution >= 4 is 34.6 Å². The zero-order chi connectivity index (χ0) is 20.6. The lowest BCUT2D eigenvalue weighted by Crippen LogP contribution is -2.41. The molecule has 1 fully saturated rings. The van der Waals surface area contributed by atoms with Gasteiger partial charge in [-0.3, -0.25) is 9.89 Å². The lowest BCUT2D eigenvalue weighted by Gasteiger charge is -2.28. The van der Waals surface area contributed by atoms with Gasteiger partial charge in [0, 0.05) is 35.5 Å². The van der Waals surface area contributed by atoms with Crippen molar-refractivity contribution in [2.45, 2.75) is 33.1 Å². The third-order valence-corrected chi connectivity index (χ3v) is 6.64. The number of aromatic nitrogens is 3. The van der Waals surface area contributed by atoms with E-state index in [2.05, 4.69) is 64.3 Å². The average molecular weight is 506 g/mol. The molecule has 4 rings (SSSR count). The van der Waals surface area contributed by atoms with Crippen LogP contribution in [0.1, 0.15) is 37.1 Å². The van der Waals surface area contributed by atoms with Crippen LogP contribution < -0.4 is 0 Å². The minimum Gasteiger partial charge on any atom is -0.378 e. The topological polar surface area (TPSA) is 74.0 Å². The van der Waals surface area contributed by atoms with Crippen molar-refractivity contribution in [3.05, 3.63) is 44.8 Å². The molecule has 0 saturated carbocycles. The second kappa shape index (κ2) is 8.10. The Morgan fingerprint density at radius 1 is 1.38 bits per heavy atom. The molecule has 0 bridgehead atoms. The fourth-order valence-electron chi connectivity index (χ4n) is 4.00. The number of nitrogens with zero attached hydrogens (tertiary/aromatic N) is 2. The Hall–Kier alpha value is -1.87. The Bertz CT molecular complexity index is 964. The van der Waals surface area contributed by atoms with Crippen LogP contribution in [0.2, 0.25) is 0 Å². The predicted octanol–water partition coefficient (Wildman–Crippen LogP) is 3.95. The molecule has 7 heteroatoms. The molecule has 2 aromatic heterocycles. The highest BCUT2D eigenvalue weighted by molar-refractivity contribution is 14.1. The Morgan fingerprint density at radius 3 is 2.90 bits per heavy atom. The molecule has 0 spiro atoms. The van der Waals surface area contributed by atoms with Crippen molar-refractivity contribution in [3.63, 3.8) is 0 Å². The zero-order valence-corrected chi connectivity index (χ0v) is 19.1. The van der Waals surface area contributed by atoms with Crippen molar-refractivity contribution in [2.75, 3.05) is 26.3 Å². The number of H-pyrrole nitrogens is 2. The highest BCUT2D eigenvalue weighted by Crippen LogP contribution is 2.38. The molecule has 1 aliphatic heterocycles. The minimum atomic E-state index is -0.0284. The van der Waals surface area contributed by atoms with E-state index in [0.29, 0.717) is 37.3 Å². The van der Waals surface area contributed by atoms with Gasteiger partial charge in [-0.05, 0) is 59.4 Å². The van der Waals surface area contributed by atoms with Crippen LogP contribution >= 0.6 is 22.6 Å². The quantitative estimate of drug-likeness (QED) is 0.375. The molecule has 1 aliphatic carbocycles. The number of fused-ring (bicyclic) bond motifs is 1. The van der Waals surface area contributed by atoms with Gasteiger partial charge < -0.3 is 14.6 Å². The van der Waals surface area contributed by atoms with Crippen LogP contribution in [0.4, 0.5) is 0 Å². The largest absolute Gasteiger partial charge is 0.378 e. The third-order valence-electron chi connectivity index (χ3n) is 5.75. The molecule has 0 unspecified atom stereocenters. The summed E-state index contributed by atoms with van der Waals surface area (Å²) in [6.07, 6.45) is 6.99. The number of morpholine rings is 1. The molecule has 3 heterocycles. The van der Waals surface area contributed by atoms with E-state index in [1.165, 1.54) is 17.7 Å². The van der Waals surface area contributed by atoms with Crippen LogP contribution in [0.25, 0.3) is 17.5 Å². The van der Waals surface area contributed by atoms with Gasteiger partial charge >= 0.3 is 0 Å². The van der Waals surface area contributed by atoms with Crippen molar-refractivity contribution in [1.82, 2.24) is 20.1 Å². The molecule has 0 radical (unpaired) electrons. The van der Waals surface area contributed by atoms with Gasteiger partial charge in [0.25, 0.3) is 5.91 Å². The highest BCUT2D eigenvalue weighted by atomic mass is 127. The standard InChI is InChI=1S/C22H27IN4O2/c1-14(21(28)27-8-10-29-11-9-27)4-5-15-12-17(24-20(15)23)19-16-6-7-22(2,3)13-18(16)25-26-19/h4-5,12,24H,1,6-11,13H2,2-3H3,(H,25,26)/b5-4-. The summed E-state index contributed by atoms with van der Waals surface area (Å²) in [5.41, 5.74) is 6.44. The van der Waals surface area contributed by atoms with Crippen molar-refractivity contribution in [1.29, 1.82) is 0 Å². The first-order chi connectivity index (χ1) is 13.8. The fraction of sp³-hybridized carbons (Fsp3) is 0.455. The number of ether oxygens (including phenoxy) is 1. The molecule has 154 valence electrons. The summed E-state index contributed by atoms with van der Waals surface area (Å²) in [4.78, 5) is 17.7. The molecule has 1 saturated heterocycles. The van der Waals surface area contributed by atoms with Gasteiger partial charge in [-0.2, -0.15) is 5.10 Å². The predicted molar refractivity (Wildman–Crippen MR) is 122 cm³/mol. The maximum Gasteiger partial charge on any atom is 0.253 e. The van der Waals surface area contributed by atoms with Crippen LogP contribution in [0.3, 0.4) is 0 Å². The van der Waals surface area contributed by atoms with E-state index in [1.807, 2.05) is 6.08 Å². The third kappa shape index (κ3) is 4.35. The summed E-state index contributed by atoms with van der Waals surface area (Å²) in [7, 11) is 0. The number of rotatable bonds is 4. The van der Waals surface area contributed by atoms with Gasteiger partial charge in [0.05, 0.1) is 22.6 Å². The van der Waals surface area contributed by atoms with Crippen molar-refractivity contribution in [3.8, 4) is 11.4 Å². The molecule has 2 aromatic rings. The number of halogens is 1. The van der Waals surface area contributed by atoms with Crippen LogP contribution in [-0.2, 0) is 22.4 Å². The number of carbonyl (C=O) groups excluding carboxylic acids is 1. The molecule has 6 nitrogen and oxygen atoms in total. The second-order valence-corrected chi connectivity index (χ2v) is 9.66. The molecule has 0 aromatic carbocycles. The minimum absolute atomic E-state index is 0.0284. The van der Waals surface area contributed by atoms with Crippen molar-refractivity contribution in [2.24, 2.45) is 5.41 Å². The summed E-state index contributed by atoms with van der Waals surface area (Å²) >= 11 is 2.29. The van der Waals surface area contributed by atoms with E-state index in [1.54, 1.807) is 11.0 Å². The first kappa shape index (κ1) is 20.4. The van der Waals surface area contributed by atoms with Gasteiger partial charge in [0.1, 0.15) is 5.69 Å². The number of nitrogens with one attached hydrogen (secondary N) is 2. The van der Waals surface area contributed by atoms with Gasteiger partial charge in [0.15, 0.2) is 0 Å².